The van der Waals surface area contributed by atoms with E-state index in [4.69, 9.17) is 0 Å². The lowest BCUT2D eigenvalue weighted by molar-refractivity contribution is -0.125. The van der Waals surface area contributed by atoms with Crippen LogP contribution in [0, 0.1) is 13.8 Å². The molecule has 0 radical (unpaired) electrons. The molecule has 0 aliphatic rings. The molecule has 1 rings (SSSR count). The first kappa shape index (κ1) is 12.3. The summed E-state index contributed by atoms with van der Waals surface area (Å²) >= 11 is 0. The zero-order valence-electron chi connectivity index (χ0n) is 9.95. The van der Waals surface area contributed by atoms with Crippen LogP contribution in [-0.4, -0.2) is 23.0 Å². The number of phenols is 1. The van der Waals surface area contributed by atoms with E-state index in [1.54, 1.807) is 11.9 Å². The number of aromatic hydroxyl groups is 1. The van der Waals surface area contributed by atoms with Crippen LogP contribution in [0.2, 0.25) is 0 Å². The number of likely N-dealkylation sites (N-methyl/N-ethyl adjacent to an activating group) is 1. The van der Waals surface area contributed by atoms with Gasteiger partial charge >= 0.3 is 0 Å². The van der Waals surface area contributed by atoms with Crippen LogP contribution in [0.5, 0.6) is 5.75 Å². The van der Waals surface area contributed by atoms with Gasteiger partial charge in [0, 0.05) is 13.6 Å². The lowest BCUT2D eigenvalue weighted by Gasteiger charge is -2.16. The number of benzene rings is 1. The molecule has 1 amide bonds. The molecule has 16 heavy (non-hydrogen) atoms. The summed E-state index contributed by atoms with van der Waals surface area (Å²) in [5.74, 6) is 0.213. The maximum atomic E-state index is 11.3. The highest BCUT2D eigenvalue weighted by molar-refractivity contribution is 5.86. The minimum absolute atomic E-state index is 0.108. The molecule has 1 N–H and O–H groups in total. The quantitative estimate of drug-likeness (QED) is 0.791. The van der Waals surface area contributed by atoms with Gasteiger partial charge in [-0.1, -0.05) is 18.7 Å². The fraction of sp³-hybridized carbons (Fsp3) is 0.308. The summed E-state index contributed by atoms with van der Waals surface area (Å²) in [6, 6.07) is 3.77. The molecule has 1 aromatic carbocycles. The summed E-state index contributed by atoms with van der Waals surface area (Å²) in [6.07, 6.45) is 1.29. The molecule has 0 unspecified atom stereocenters. The van der Waals surface area contributed by atoms with Crippen LogP contribution < -0.4 is 0 Å². The monoisotopic (exact) mass is 219 g/mol. The second-order valence-corrected chi connectivity index (χ2v) is 3.98. The molecule has 0 atom stereocenters. The third kappa shape index (κ3) is 2.63. The van der Waals surface area contributed by atoms with E-state index in [-0.39, 0.29) is 5.91 Å². The average Bonchev–Trinajstić information content (AvgIpc) is 2.24. The Balaban J connectivity index is 2.90. The van der Waals surface area contributed by atoms with E-state index in [9.17, 15) is 9.90 Å². The fourth-order valence-corrected chi connectivity index (χ4v) is 1.64. The Hall–Kier alpha value is -1.77. The van der Waals surface area contributed by atoms with Crippen LogP contribution in [0.3, 0.4) is 0 Å². The molecule has 0 fully saturated rings. The molecule has 0 spiro atoms. The molecule has 0 aromatic heterocycles. The first-order valence-electron chi connectivity index (χ1n) is 5.12. The van der Waals surface area contributed by atoms with Crippen LogP contribution in [0.25, 0.3) is 0 Å². The van der Waals surface area contributed by atoms with Crippen LogP contribution in [0.15, 0.2) is 24.8 Å². The Morgan fingerprint density at radius 2 is 1.94 bits per heavy atom. The van der Waals surface area contributed by atoms with Gasteiger partial charge in [-0.3, -0.25) is 4.79 Å². The molecule has 1 aromatic rings. The number of hydrogen-bond donors (Lipinski definition) is 1. The lowest BCUT2D eigenvalue weighted by atomic mass is 10.1. The molecule has 0 bridgehead atoms. The van der Waals surface area contributed by atoms with Gasteiger partial charge in [-0.25, -0.2) is 0 Å². The molecular formula is C13H17NO2. The summed E-state index contributed by atoms with van der Waals surface area (Å²) in [5.41, 5.74) is 2.66. The Morgan fingerprint density at radius 3 is 2.38 bits per heavy atom. The van der Waals surface area contributed by atoms with Gasteiger partial charge in [0.05, 0.1) is 0 Å². The molecule has 0 heterocycles. The molecule has 3 heteroatoms. The fourth-order valence-electron chi connectivity index (χ4n) is 1.64. The minimum Gasteiger partial charge on any atom is -0.507 e. The van der Waals surface area contributed by atoms with E-state index in [2.05, 4.69) is 6.58 Å². The van der Waals surface area contributed by atoms with Crippen molar-refractivity contribution < 1.29 is 9.90 Å². The first-order chi connectivity index (χ1) is 7.45. The first-order valence-corrected chi connectivity index (χ1v) is 5.12. The summed E-state index contributed by atoms with van der Waals surface area (Å²) in [7, 11) is 1.72. The van der Waals surface area contributed by atoms with Crippen molar-refractivity contribution in [2.24, 2.45) is 0 Å². The highest BCUT2D eigenvalue weighted by atomic mass is 16.3. The zero-order chi connectivity index (χ0) is 12.3. The normalized spacial score (nSPS) is 9.94. The number of nitrogens with zero attached hydrogens (tertiary/aromatic N) is 1. The molecule has 0 saturated carbocycles. The highest BCUT2D eigenvalue weighted by Crippen LogP contribution is 2.23. The van der Waals surface area contributed by atoms with Crippen molar-refractivity contribution in [3.8, 4) is 5.75 Å². The van der Waals surface area contributed by atoms with Gasteiger partial charge in [-0.15, -0.1) is 0 Å². The number of aryl methyl sites for hydroxylation is 2. The predicted octanol–water partition coefficient (Wildman–Crippen LogP) is 2.15. The van der Waals surface area contributed by atoms with E-state index < -0.39 is 0 Å². The number of carbonyl (C=O) groups is 1. The van der Waals surface area contributed by atoms with Crippen LogP contribution >= 0.6 is 0 Å². The molecule has 86 valence electrons. The number of phenolic OH excluding ortho intramolecular Hbond substituents is 1. The molecule has 0 saturated heterocycles. The van der Waals surface area contributed by atoms with Gasteiger partial charge in [0.25, 0.3) is 0 Å². The summed E-state index contributed by atoms with van der Waals surface area (Å²) in [6.45, 7) is 7.66. The molecule has 3 nitrogen and oxygen atoms in total. The van der Waals surface area contributed by atoms with Gasteiger partial charge in [-0.2, -0.15) is 0 Å². The van der Waals surface area contributed by atoms with Crippen molar-refractivity contribution in [2.45, 2.75) is 20.4 Å². The van der Waals surface area contributed by atoms with E-state index in [1.807, 2.05) is 26.0 Å². The van der Waals surface area contributed by atoms with Gasteiger partial charge in [0.15, 0.2) is 0 Å². The van der Waals surface area contributed by atoms with Crippen molar-refractivity contribution in [1.29, 1.82) is 0 Å². The highest BCUT2D eigenvalue weighted by Gasteiger charge is 2.08. The minimum atomic E-state index is -0.108. The Bertz CT molecular complexity index is 401. The van der Waals surface area contributed by atoms with Crippen molar-refractivity contribution in [1.82, 2.24) is 4.90 Å². The largest absolute Gasteiger partial charge is 0.507 e. The number of rotatable bonds is 3. The Kier molecular flexibility index (Phi) is 3.72. The van der Waals surface area contributed by atoms with Gasteiger partial charge in [0.1, 0.15) is 5.75 Å². The summed E-state index contributed by atoms with van der Waals surface area (Å²) in [5, 5.41) is 9.62. The van der Waals surface area contributed by atoms with Gasteiger partial charge < -0.3 is 10.0 Å². The third-order valence-corrected chi connectivity index (χ3v) is 2.52. The molecular weight excluding hydrogens is 202 g/mol. The SMILES string of the molecule is C=CC(=O)N(C)Cc1cc(C)c(O)c(C)c1. The van der Waals surface area contributed by atoms with Crippen molar-refractivity contribution in [3.05, 3.63) is 41.5 Å². The van der Waals surface area contributed by atoms with Crippen molar-refractivity contribution >= 4 is 5.91 Å². The summed E-state index contributed by atoms with van der Waals surface area (Å²) < 4.78 is 0. The van der Waals surface area contributed by atoms with E-state index >= 15 is 0 Å². The maximum Gasteiger partial charge on any atom is 0.245 e. The zero-order valence-corrected chi connectivity index (χ0v) is 9.95. The van der Waals surface area contributed by atoms with Crippen LogP contribution in [0.4, 0.5) is 0 Å². The van der Waals surface area contributed by atoms with Crippen molar-refractivity contribution in [3.63, 3.8) is 0 Å². The molecule has 0 aliphatic carbocycles. The van der Waals surface area contributed by atoms with E-state index in [1.165, 1.54) is 6.08 Å². The number of carbonyl (C=O) groups excluding carboxylic acids is 1. The predicted molar refractivity (Wildman–Crippen MR) is 64.3 cm³/mol. The van der Waals surface area contributed by atoms with E-state index in [0.29, 0.717) is 12.3 Å². The second-order valence-electron chi connectivity index (χ2n) is 3.98. The van der Waals surface area contributed by atoms with Crippen LogP contribution in [0.1, 0.15) is 16.7 Å². The maximum absolute atomic E-state index is 11.3. The van der Waals surface area contributed by atoms with Crippen molar-refractivity contribution in [2.75, 3.05) is 7.05 Å². The third-order valence-electron chi connectivity index (χ3n) is 2.52. The lowest BCUT2D eigenvalue weighted by Crippen LogP contribution is -2.23. The standard InChI is InChI=1S/C13H17NO2/c1-5-12(15)14(4)8-11-6-9(2)13(16)10(3)7-11/h5-7,16H,1,8H2,2-4H3. The smallest absolute Gasteiger partial charge is 0.245 e. The topological polar surface area (TPSA) is 40.5 Å². The van der Waals surface area contributed by atoms with Crippen LogP contribution in [-0.2, 0) is 11.3 Å². The van der Waals surface area contributed by atoms with E-state index in [0.717, 1.165) is 16.7 Å². The summed E-state index contributed by atoms with van der Waals surface area (Å²) in [4.78, 5) is 12.9. The average molecular weight is 219 g/mol. The Labute approximate surface area is 96.0 Å². The number of amides is 1. The second kappa shape index (κ2) is 4.84. The Morgan fingerprint density at radius 1 is 1.44 bits per heavy atom. The van der Waals surface area contributed by atoms with Gasteiger partial charge in [0.2, 0.25) is 5.91 Å². The van der Waals surface area contributed by atoms with Gasteiger partial charge in [-0.05, 0) is 36.6 Å². The molecule has 0 aliphatic heterocycles. The number of hydrogen-bond acceptors (Lipinski definition) is 2.